The molecule has 0 saturated heterocycles. The predicted octanol–water partition coefficient (Wildman–Crippen LogP) is 3.75. The largest absolute Gasteiger partial charge is 0.490 e. The number of anilines is 1. The fraction of sp³-hybridized carbons (Fsp3) is 0.190. The third kappa shape index (κ3) is 5.35. The first-order valence-corrected chi connectivity index (χ1v) is 9.98. The van der Waals surface area contributed by atoms with Crippen LogP contribution < -0.4 is 10.6 Å². The van der Waals surface area contributed by atoms with Gasteiger partial charge in [-0.2, -0.15) is 13.2 Å². The van der Waals surface area contributed by atoms with Gasteiger partial charge in [0.05, 0.1) is 5.57 Å². The Morgan fingerprint density at radius 1 is 1.09 bits per heavy atom. The van der Waals surface area contributed by atoms with Gasteiger partial charge in [-0.25, -0.2) is 4.79 Å². The van der Waals surface area contributed by atoms with Gasteiger partial charge in [0.2, 0.25) is 0 Å². The van der Waals surface area contributed by atoms with Crippen LogP contribution in [0.1, 0.15) is 27.0 Å². The van der Waals surface area contributed by atoms with Gasteiger partial charge in [0.15, 0.2) is 0 Å². The van der Waals surface area contributed by atoms with Crippen LogP contribution in [0.5, 0.6) is 0 Å². The van der Waals surface area contributed by atoms with Crippen molar-refractivity contribution < 1.29 is 32.7 Å². The average molecular weight is 512 g/mol. The fourth-order valence-electron chi connectivity index (χ4n) is 3.25. The second-order valence-corrected chi connectivity index (χ2v) is 8.05. The number of carboxylic acids is 1. The topological polar surface area (TPSA) is 98.7 Å². The number of aliphatic carboxylic acids is 1. The molecule has 4 rings (SSSR count). The van der Waals surface area contributed by atoms with E-state index in [0.717, 1.165) is 23.2 Å². The molecule has 0 aromatic heterocycles. The quantitative estimate of drug-likeness (QED) is 0.419. The minimum absolute atomic E-state index is 0.370. The van der Waals surface area contributed by atoms with E-state index in [1.165, 1.54) is 11.1 Å². The van der Waals surface area contributed by atoms with Crippen molar-refractivity contribution in [1.82, 2.24) is 10.2 Å². The number of carbonyl (C=O) groups is 3. The van der Waals surface area contributed by atoms with E-state index in [0.29, 0.717) is 16.7 Å². The molecule has 0 bridgehead atoms. The van der Waals surface area contributed by atoms with Gasteiger partial charge in [0.1, 0.15) is 0 Å². The Labute approximate surface area is 189 Å². The Morgan fingerprint density at radius 2 is 1.75 bits per heavy atom. The maximum Gasteiger partial charge on any atom is 0.490 e. The Kier molecular flexibility index (Phi) is 6.70. The normalized spacial score (nSPS) is 16.6. The molecular weight excluding hydrogens is 495 g/mol. The van der Waals surface area contributed by atoms with E-state index >= 15 is 0 Å². The highest BCUT2D eigenvalue weighted by atomic mass is 79.9. The number of nitrogens with zero attached hydrogens (tertiary/aromatic N) is 1. The first-order valence-electron chi connectivity index (χ1n) is 9.18. The van der Waals surface area contributed by atoms with Gasteiger partial charge >= 0.3 is 12.1 Å². The molecule has 3 N–H and O–H groups in total. The summed E-state index contributed by atoms with van der Waals surface area (Å²) in [6, 6.07) is 11.5. The molecule has 0 atom stereocenters. The van der Waals surface area contributed by atoms with Crippen LogP contribution in [-0.4, -0.2) is 41.0 Å². The third-order valence-electron chi connectivity index (χ3n) is 4.70. The number of rotatable bonds is 2. The lowest BCUT2D eigenvalue weighted by Gasteiger charge is -2.18. The first kappa shape index (κ1) is 23.5. The van der Waals surface area contributed by atoms with E-state index in [1.54, 1.807) is 24.4 Å². The fourth-order valence-corrected chi connectivity index (χ4v) is 3.61. The smallest absolute Gasteiger partial charge is 0.475 e. The minimum Gasteiger partial charge on any atom is -0.475 e. The number of alkyl halides is 3. The van der Waals surface area contributed by atoms with E-state index in [-0.39, 0.29) is 5.91 Å². The number of fused-ring (bicyclic) bond motifs is 2. The number of carboxylic acid groups (broad SMARTS) is 1. The third-order valence-corrected chi connectivity index (χ3v) is 5.19. The Hall–Kier alpha value is -3.18. The summed E-state index contributed by atoms with van der Waals surface area (Å²) in [6.07, 6.45) is -3.42. The molecule has 0 saturated carbocycles. The van der Waals surface area contributed by atoms with Gasteiger partial charge in [-0.05, 0) is 48.5 Å². The Morgan fingerprint density at radius 3 is 2.41 bits per heavy atom. The number of hydrogen-bond donors (Lipinski definition) is 3. The molecule has 0 unspecified atom stereocenters. The van der Waals surface area contributed by atoms with Crippen LogP contribution in [0.3, 0.4) is 0 Å². The zero-order valence-electron chi connectivity index (χ0n) is 16.6. The molecule has 0 radical (unpaired) electrons. The minimum atomic E-state index is -5.08. The highest BCUT2D eigenvalue weighted by Crippen LogP contribution is 2.28. The van der Waals surface area contributed by atoms with Gasteiger partial charge < -0.3 is 10.4 Å². The summed E-state index contributed by atoms with van der Waals surface area (Å²) in [6.45, 7) is 1.88. The summed E-state index contributed by atoms with van der Waals surface area (Å²) in [5.41, 5.74) is 5.09. The van der Waals surface area contributed by atoms with Crippen LogP contribution in [0.15, 0.2) is 47.1 Å². The zero-order chi connectivity index (χ0) is 23.6. The lowest BCUT2D eigenvalue weighted by atomic mass is 9.95. The maximum atomic E-state index is 12.3. The second kappa shape index (κ2) is 9.13. The summed E-state index contributed by atoms with van der Waals surface area (Å²) >= 11 is 3.40. The molecule has 0 spiro atoms. The van der Waals surface area contributed by atoms with Crippen LogP contribution in [0, 0.1) is 0 Å². The monoisotopic (exact) mass is 511 g/mol. The van der Waals surface area contributed by atoms with Crippen molar-refractivity contribution in [2.45, 2.75) is 19.3 Å². The van der Waals surface area contributed by atoms with Gasteiger partial charge in [-0.3, -0.25) is 19.8 Å². The molecule has 7 nitrogen and oxygen atoms in total. The lowest BCUT2D eigenvalue weighted by molar-refractivity contribution is -0.192. The molecule has 2 aromatic rings. The van der Waals surface area contributed by atoms with Crippen LogP contribution in [0.4, 0.5) is 18.9 Å². The average Bonchev–Trinajstić information content (AvgIpc) is 3.06. The van der Waals surface area contributed by atoms with E-state index in [9.17, 15) is 22.8 Å². The van der Waals surface area contributed by atoms with E-state index in [2.05, 4.69) is 50.6 Å². The van der Waals surface area contributed by atoms with Crippen molar-refractivity contribution in [2.24, 2.45) is 0 Å². The summed E-state index contributed by atoms with van der Waals surface area (Å²) in [5.74, 6) is -3.53. The van der Waals surface area contributed by atoms with Crippen LogP contribution in [0.25, 0.3) is 5.57 Å². The highest BCUT2D eigenvalue weighted by Gasteiger charge is 2.38. The lowest BCUT2D eigenvalue weighted by Crippen LogP contribution is -2.36. The molecule has 0 aliphatic carbocycles. The first-order chi connectivity index (χ1) is 15.0. The van der Waals surface area contributed by atoms with Crippen LogP contribution >= 0.6 is 15.9 Å². The number of carbonyl (C=O) groups excluding carboxylic acids is 2. The number of benzene rings is 2. The second-order valence-electron chi connectivity index (χ2n) is 7.13. The van der Waals surface area contributed by atoms with Crippen molar-refractivity contribution in [3.05, 3.63) is 69.3 Å². The molecular formula is C21H17BrF3N3O4. The molecule has 11 heteroatoms. The number of hydrogen-bond acceptors (Lipinski definition) is 5. The van der Waals surface area contributed by atoms with Gasteiger partial charge in [-0.1, -0.05) is 22.0 Å². The van der Waals surface area contributed by atoms with E-state index in [4.69, 9.17) is 9.90 Å². The SMILES string of the molecule is CN1Cc2ccc(NC=C3C(=O)NC(=O)c4ccc(Br)cc43)cc2C1.O=C(O)C(F)(F)F. The molecule has 0 fully saturated rings. The summed E-state index contributed by atoms with van der Waals surface area (Å²) in [4.78, 5) is 35.4. The van der Waals surface area contributed by atoms with Crippen LogP contribution in [0.2, 0.25) is 0 Å². The highest BCUT2D eigenvalue weighted by molar-refractivity contribution is 9.10. The van der Waals surface area contributed by atoms with Crippen molar-refractivity contribution in [3.8, 4) is 0 Å². The van der Waals surface area contributed by atoms with Crippen LogP contribution in [-0.2, 0) is 22.7 Å². The Bertz CT molecular complexity index is 1130. The molecule has 2 heterocycles. The Balaban J connectivity index is 0.000000360. The molecule has 32 heavy (non-hydrogen) atoms. The summed E-state index contributed by atoms with van der Waals surface area (Å²) in [5, 5.41) is 12.7. The molecule has 2 aromatic carbocycles. The number of halogens is 4. The van der Waals surface area contributed by atoms with E-state index in [1.807, 2.05) is 6.07 Å². The number of nitrogens with one attached hydrogen (secondary N) is 2. The predicted molar refractivity (Wildman–Crippen MR) is 114 cm³/mol. The molecule has 168 valence electrons. The van der Waals surface area contributed by atoms with Crippen molar-refractivity contribution in [3.63, 3.8) is 0 Å². The molecule has 2 aliphatic rings. The molecule has 2 aliphatic heterocycles. The van der Waals surface area contributed by atoms with Crippen molar-refractivity contribution >= 4 is 45.0 Å². The number of amides is 2. The van der Waals surface area contributed by atoms with E-state index < -0.39 is 18.1 Å². The number of imide groups is 1. The standard InChI is InChI=1S/C19H16BrN3O2.C2HF3O2/c1-23-9-11-2-4-14(6-12(11)10-23)21-8-17-16-7-13(20)3-5-15(16)18(24)22-19(17)25;3-2(4,5)1(6)7/h2-8,21H,9-10H2,1H3,(H,22,24,25);(H,6,7). The van der Waals surface area contributed by atoms with Crippen molar-refractivity contribution in [1.29, 1.82) is 0 Å². The summed E-state index contributed by atoms with van der Waals surface area (Å²) in [7, 11) is 2.09. The van der Waals surface area contributed by atoms with Gasteiger partial charge in [0.25, 0.3) is 11.8 Å². The zero-order valence-corrected chi connectivity index (χ0v) is 18.2. The molecule has 2 amide bonds. The summed E-state index contributed by atoms with van der Waals surface area (Å²) < 4.78 is 32.6. The van der Waals surface area contributed by atoms with Crippen molar-refractivity contribution in [2.75, 3.05) is 12.4 Å². The van der Waals surface area contributed by atoms with Gasteiger partial charge in [-0.15, -0.1) is 0 Å². The maximum absolute atomic E-state index is 12.3. The van der Waals surface area contributed by atoms with Gasteiger partial charge in [0, 0.05) is 40.6 Å².